The van der Waals surface area contributed by atoms with E-state index in [4.69, 9.17) is 14.2 Å². The fraction of sp³-hybridized carbons (Fsp3) is 0.375. The molecule has 1 N–H and O–H groups in total. The number of rotatable bonds is 10. The molecule has 0 aliphatic carbocycles. The van der Waals surface area contributed by atoms with Crippen molar-refractivity contribution in [2.45, 2.75) is 19.0 Å². The largest absolute Gasteiger partial charge is 0.493 e. The first-order valence-electron chi connectivity index (χ1n) is 11.2. The van der Waals surface area contributed by atoms with Crippen LogP contribution in [-0.4, -0.2) is 61.5 Å². The monoisotopic (exact) mass is 539 g/mol. The summed E-state index contributed by atoms with van der Waals surface area (Å²) in [5, 5.41) is 12.7. The van der Waals surface area contributed by atoms with Gasteiger partial charge < -0.3 is 24.4 Å². The number of hydrogen-bond acceptors (Lipinski definition) is 8. The van der Waals surface area contributed by atoms with E-state index in [1.165, 1.54) is 19.1 Å². The predicted octanol–water partition coefficient (Wildman–Crippen LogP) is 3.20. The number of alkyl halides is 3. The van der Waals surface area contributed by atoms with Gasteiger partial charge >= 0.3 is 12.1 Å². The van der Waals surface area contributed by atoms with E-state index < -0.39 is 52.4 Å². The third-order valence-electron chi connectivity index (χ3n) is 5.81. The summed E-state index contributed by atoms with van der Waals surface area (Å²) >= 11 is 0. The van der Waals surface area contributed by atoms with Crippen LogP contribution in [0, 0.1) is 16.0 Å². The molecule has 0 unspecified atom stereocenters. The molecule has 1 heterocycles. The Morgan fingerprint density at radius 3 is 2.47 bits per heavy atom. The summed E-state index contributed by atoms with van der Waals surface area (Å²) in [6.45, 7) is -0.518. The second-order valence-corrected chi connectivity index (χ2v) is 8.32. The molecule has 1 saturated heterocycles. The molecule has 14 heteroatoms. The Kier molecular flexibility index (Phi) is 8.76. The number of esters is 1. The number of anilines is 1. The van der Waals surface area contributed by atoms with Gasteiger partial charge in [-0.3, -0.25) is 24.5 Å². The maximum Gasteiger partial charge on any atom is 0.418 e. The Morgan fingerprint density at radius 2 is 1.84 bits per heavy atom. The Morgan fingerprint density at radius 1 is 1.13 bits per heavy atom. The second kappa shape index (κ2) is 11.8. The molecule has 0 aromatic heterocycles. The van der Waals surface area contributed by atoms with Crippen molar-refractivity contribution in [1.82, 2.24) is 4.90 Å². The molecule has 1 fully saturated rings. The summed E-state index contributed by atoms with van der Waals surface area (Å²) in [4.78, 5) is 48.2. The molecule has 1 aliphatic heterocycles. The van der Waals surface area contributed by atoms with E-state index in [0.717, 1.165) is 17.7 Å². The zero-order valence-corrected chi connectivity index (χ0v) is 20.4. The number of amides is 2. The maximum absolute atomic E-state index is 13.3. The van der Waals surface area contributed by atoms with Crippen molar-refractivity contribution in [3.05, 3.63) is 57.6 Å². The molecule has 204 valence electrons. The lowest BCUT2D eigenvalue weighted by Gasteiger charge is -2.17. The molecule has 2 aromatic carbocycles. The molecule has 2 aromatic rings. The molecule has 2 amide bonds. The number of halogens is 3. The molecular formula is C24H24F3N3O8. The van der Waals surface area contributed by atoms with Gasteiger partial charge in [0.25, 0.3) is 11.6 Å². The second-order valence-electron chi connectivity index (χ2n) is 8.32. The predicted molar refractivity (Wildman–Crippen MR) is 126 cm³/mol. The number of carbonyl (C=O) groups is 3. The number of likely N-dealkylation sites (tertiary alicyclic amines) is 1. The van der Waals surface area contributed by atoms with Crippen LogP contribution >= 0.6 is 0 Å². The van der Waals surface area contributed by atoms with E-state index in [-0.39, 0.29) is 18.9 Å². The minimum atomic E-state index is -4.98. The van der Waals surface area contributed by atoms with E-state index in [1.807, 2.05) is 11.4 Å². The average molecular weight is 539 g/mol. The normalized spacial score (nSPS) is 15.2. The van der Waals surface area contributed by atoms with Crippen LogP contribution in [0.25, 0.3) is 0 Å². The molecule has 1 aliphatic rings. The third kappa shape index (κ3) is 6.89. The van der Waals surface area contributed by atoms with Crippen molar-refractivity contribution in [3.63, 3.8) is 0 Å². The van der Waals surface area contributed by atoms with Gasteiger partial charge in [0.1, 0.15) is 0 Å². The van der Waals surface area contributed by atoms with E-state index in [1.54, 1.807) is 12.1 Å². The fourth-order valence-corrected chi connectivity index (χ4v) is 3.88. The summed E-state index contributed by atoms with van der Waals surface area (Å²) < 4.78 is 55.2. The number of methoxy groups -OCH3 is 2. The number of benzene rings is 2. The van der Waals surface area contributed by atoms with E-state index in [2.05, 4.69) is 0 Å². The first-order valence-corrected chi connectivity index (χ1v) is 11.2. The first kappa shape index (κ1) is 28.2. The summed E-state index contributed by atoms with van der Waals surface area (Å²) in [5.41, 5.74) is -2.06. The highest BCUT2D eigenvalue weighted by Gasteiger charge is 2.37. The smallest absolute Gasteiger partial charge is 0.418 e. The van der Waals surface area contributed by atoms with Crippen LogP contribution in [0.3, 0.4) is 0 Å². The summed E-state index contributed by atoms with van der Waals surface area (Å²) in [6, 6.07) is 7.17. The van der Waals surface area contributed by atoms with Crippen molar-refractivity contribution in [1.29, 1.82) is 0 Å². The number of nitro benzene ring substituents is 1. The van der Waals surface area contributed by atoms with Crippen molar-refractivity contribution in [2.75, 3.05) is 39.2 Å². The molecule has 38 heavy (non-hydrogen) atoms. The van der Waals surface area contributed by atoms with E-state index in [0.29, 0.717) is 30.5 Å². The minimum Gasteiger partial charge on any atom is -0.493 e. The van der Waals surface area contributed by atoms with E-state index in [9.17, 15) is 37.7 Å². The SMILES string of the molecule is COc1ccc(CCN2C[C@@H](C(=O)OCC(=O)Nc3ccc([N+](=O)[O-])cc3C(F)(F)F)CC2=O)cc1OC. The van der Waals surface area contributed by atoms with Gasteiger partial charge in [-0.2, -0.15) is 13.2 Å². The lowest BCUT2D eigenvalue weighted by molar-refractivity contribution is -0.385. The summed E-state index contributed by atoms with van der Waals surface area (Å²) in [6.07, 6.45) is -4.63. The Hall–Kier alpha value is -4.36. The van der Waals surface area contributed by atoms with Crippen molar-refractivity contribution in [3.8, 4) is 11.5 Å². The van der Waals surface area contributed by atoms with Gasteiger partial charge in [0, 0.05) is 31.6 Å². The van der Waals surface area contributed by atoms with Crippen molar-refractivity contribution >= 4 is 29.2 Å². The van der Waals surface area contributed by atoms with Crippen LogP contribution in [0.1, 0.15) is 17.5 Å². The van der Waals surface area contributed by atoms with Crippen LogP contribution in [0.15, 0.2) is 36.4 Å². The van der Waals surface area contributed by atoms with Gasteiger partial charge in [-0.05, 0) is 30.2 Å². The van der Waals surface area contributed by atoms with Crippen LogP contribution in [-0.2, 0) is 31.7 Å². The topological polar surface area (TPSA) is 137 Å². The van der Waals surface area contributed by atoms with Gasteiger partial charge in [-0.1, -0.05) is 6.07 Å². The highest BCUT2D eigenvalue weighted by Crippen LogP contribution is 2.37. The maximum atomic E-state index is 13.3. The molecule has 1 atom stereocenters. The number of nitro groups is 1. The lowest BCUT2D eigenvalue weighted by atomic mass is 10.1. The highest BCUT2D eigenvalue weighted by atomic mass is 19.4. The van der Waals surface area contributed by atoms with Crippen LogP contribution in [0.4, 0.5) is 24.5 Å². The van der Waals surface area contributed by atoms with Gasteiger partial charge in [-0.25, -0.2) is 0 Å². The van der Waals surface area contributed by atoms with Crippen LogP contribution in [0.2, 0.25) is 0 Å². The highest BCUT2D eigenvalue weighted by molar-refractivity contribution is 5.94. The molecule has 0 bridgehead atoms. The number of non-ortho nitro benzene ring substituents is 1. The quantitative estimate of drug-likeness (QED) is 0.276. The van der Waals surface area contributed by atoms with Crippen LogP contribution in [0.5, 0.6) is 11.5 Å². The zero-order valence-electron chi connectivity index (χ0n) is 20.4. The first-order chi connectivity index (χ1) is 17.9. The zero-order chi connectivity index (χ0) is 28.0. The molecule has 11 nitrogen and oxygen atoms in total. The number of ether oxygens (including phenoxy) is 3. The minimum absolute atomic E-state index is 0.0626. The Balaban J connectivity index is 1.53. The number of hydrogen-bond donors (Lipinski definition) is 1. The fourth-order valence-electron chi connectivity index (χ4n) is 3.88. The summed E-state index contributed by atoms with van der Waals surface area (Å²) in [5.74, 6) is -1.95. The number of nitrogens with zero attached hydrogens (tertiary/aromatic N) is 2. The molecular weight excluding hydrogens is 515 g/mol. The lowest BCUT2D eigenvalue weighted by Crippen LogP contribution is -2.30. The molecule has 0 saturated carbocycles. The van der Waals surface area contributed by atoms with Crippen molar-refractivity contribution < 1.29 is 46.7 Å². The van der Waals surface area contributed by atoms with Gasteiger partial charge in [0.2, 0.25) is 5.91 Å². The van der Waals surface area contributed by atoms with E-state index >= 15 is 0 Å². The third-order valence-corrected chi connectivity index (χ3v) is 5.81. The average Bonchev–Trinajstić information content (AvgIpc) is 3.25. The van der Waals surface area contributed by atoms with Gasteiger partial charge in [0.05, 0.1) is 36.3 Å². The summed E-state index contributed by atoms with van der Waals surface area (Å²) in [7, 11) is 3.02. The van der Waals surface area contributed by atoms with Crippen molar-refractivity contribution in [2.24, 2.45) is 5.92 Å². The Bertz CT molecular complexity index is 1230. The standard InChI is InChI=1S/C24H24F3N3O8/c1-36-19-6-3-14(9-20(19)37-2)7-8-29-12-15(10-22(29)32)23(33)38-13-21(31)28-18-5-4-16(30(34)35)11-17(18)24(25,26)27/h3-6,9,11,15H,7-8,10,12-13H2,1-2H3,(H,28,31)/t15-/m0/s1. The van der Waals surface area contributed by atoms with Gasteiger partial charge in [-0.15, -0.1) is 0 Å². The van der Waals surface area contributed by atoms with Gasteiger partial charge in [0.15, 0.2) is 18.1 Å². The van der Waals surface area contributed by atoms with Crippen LogP contribution < -0.4 is 14.8 Å². The molecule has 0 radical (unpaired) electrons. The number of carbonyl (C=O) groups excluding carboxylic acids is 3. The molecule has 0 spiro atoms. The molecule has 3 rings (SSSR count). The Labute approximate surface area is 214 Å². The number of nitrogens with one attached hydrogen (secondary N) is 1.